The van der Waals surface area contributed by atoms with Crippen molar-refractivity contribution in [2.24, 2.45) is 0 Å². The maximum Gasteiger partial charge on any atom is 0.253 e. The fraction of sp³-hybridized carbons (Fsp3) is 0.391. The molecule has 0 atom stereocenters. The van der Waals surface area contributed by atoms with Gasteiger partial charge in [0.15, 0.2) is 0 Å². The highest BCUT2D eigenvalue weighted by molar-refractivity contribution is 6.42. The first kappa shape index (κ1) is 22.4. The number of aryl methyl sites for hydroxylation is 1. The Morgan fingerprint density at radius 1 is 1.10 bits per heavy atom. The Labute approximate surface area is 187 Å². The average Bonchev–Trinajstić information content (AvgIpc) is 2.74. The van der Waals surface area contributed by atoms with Gasteiger partial charge in [0.05, 0.1) is 16.7 Å². The monoisotopic (exact) mass is 448 g/mol. The van der Waals surface area contributed by atoms with E-state index >= 15 is 0 Å². The molecule has 0 saturated carbocycles. The highest BCUT2D eigenvalue weighted by atomic mass is 35.5. The third kappa shape index (κ3) is 6.13. The van der Waals surface area contributed by atoms with Crippen LogP contribution in [0.2, 0.25) is 10.0 Å². The summed E-state index contributed by atoms with van der Waals surface area (Å²) in [5, 5.41) is 3.87. The Balaban J connectivity index is 1.36. The van der Waals surface area contributed by atoms with E-state index in [0.717, 1.165) is 24.2 Å². The van der Waals surface area contributed by atoms with E-state index in [-0.39, 0.29) is 17.9 Å². The molecule has 1 N–H and O–H groups in total. The van der Waals surface area contributed by atoms with E-state index in [2.05, 4.69) is 5.32 Å². The van der Waals surface area contributed by atoms with Gasteiger partial charge in [0.25, 0.3) is 5.91 Å². The number of halogens is 2. The van der Waals surface area contributed by atoms with Crippen LogP contribution in [0.3, 0.4) is 0 Å². The van der Waals surface area contributed by atoms with E-state index in [1.165, 1.54) is 0 Å². The fourth-order valence-electron chi connectivity index (χ4n) is 3.47. The summed E-state index contributed by atoms with van der Waals surface area (Å²) in [7, 11) is 0. The quantitative estimate of drug-likeness (QED) is 0.613. The molecule has 7 heteroatoms. The van der Waals surface area contributed by atoms with Gasteiger partial charge in [-0.2, -0.15) is 0 Å². The van der Waals surface area contributed by atoms with Crippen LogP contribution in [0.25, 0.3) is 0 Å². The summed E-state index contributed by atoms with van der Waals surface area (Å²) < 4.78 is 5.73. The van der Waals surface area contributed by atoms with Crippen LogP contribution >= 0.6 is 23.2 Å². The van der Waals surface area contributed by atoms with Gasteiger partial charge in [-0.25, -0.2) is 0 Å². The highest BCUT2D eigenvalue weighted by Crippen LogP contribution is 2.24. The lowest BCUT2D eigenvalue weighted by Gasteiger charge is -2.32. The SMILES string of the molecule is Cc1ccccc1OCCCC(=O)NC1CCN(C(=O)c2ccc(Cl)c(Cl)c2)CC1. The van der Waals surface area contributed by atoms with Crippen molar-refractivity contribution in [3.05, 3.63) is 63.6 Å². The molecule has 0 unspecified atom stereocenters. The first-order valence-electron chi connectivity index (χ1n) is 10.2. The van der Waals surface area contributed by atoms with Gasteiger partial charge in [0, 0.05) is 31.1 Å². The third-order valence-electron chi connectivity index (χ3n) is 5.21. The van der Waals surface area contributed by atoms with E-state index in [4.69, 9.17) is 27.9 Å². The minimum Gasteiger partial charge on any atom is -0.493 e. The summed E-state index contributed by atoms with van der Waals surface area (Å²) in [5.41, 5.74) is 1.62. The summed E-state index contributed by atoms with van der Waals surface area (Å²) in [6, 6.07) is 12.8. The zero-order chi connectivity index (χ0) is 21.5. The molecule has 0 spiro atoms. The summed E-state index contributed by atoms with van der Waals surface area (Å²) in [5.74, 6) is 0.821. The number of ether oxygens (including phenoxy) is 1. The molecular formula is C23H26Cl2N2O3. The normalized spacial score (nSPS) is 14.4. The smallest absolute Gasteiger partial charge is 0.253 e. The number of carbonyl (C=O) groups excluding carboxylic acids is 2. The molecular weight excluding hydrogens is 423 g/mol. The Bertz CT molecular complexity index is 896. The number of hydrogen-bond acceptors (Lipinski definition) is 3. The zero-order valence-corrected chi connectivity index (χ0v) is 18.5. The Hall–Kier alpha value is -2.24. The van der Waals surface area contributed by atoms with Crippen molar-refractivity contribution in [3.8, 4) is 5.75 Å². The lowest BCUT2D eigenvalue weighted by Crippen LogP contribution is -2.46. The molecule has 3 rings (SSSR count). The summed E-state index contributed by atoms with van der Waals surface area (Å²) >= 11 is 11.9. The predicted molar refractivity (Wildman–Crippen MR) is 119 cm³/mol. The molecule has 5 nitrogen and oxygen atoms in total. The van der Waals surface area contributed by atoms with Crippen molar-refractivity contribution in [2.75, 3.05) is 19.7 Å². The first-order chi connectivity index (χ1) is 14.4. The summed E-state index contributed by atoms with van der Waals surface area (Å²) in [4.78, 5) is 26.6. The molecule has 2 aromatic carbocycles. The van der Waals surface area contributed by atoms with Crippen molar-refractivity contribution in [1.82, 2.24) is 10.2 Å². The average molecular weight is 449 g/mol. The van der Waals surface area contributed by atoms with Gasteiger partial charge in [-0.1, -0.05) is 41.4 Å². The Kier molecular flexibility index (Phi) is 8.00. The van der Waals surface area contributed by atoms with E-state index in [1.54, 1.807) is 23.1 Å². The van der Waals surface area contributed by atoms with Crippen LogP contribution < -0.4 is 10.1 Å². The molecule has 1 heterocycles. The van der Waals surface area contributed by atoms with Crippen molar-refractivity contribution >= 4 is 35.0 Å². The summed E-state index contributed by atoms with van der Waals surface area (Å²) in [6.45, 7) is 3.70. The molecule has 1 saturated heterocycles. The molecule has 30 heavy (non-hydrogen) atoms. The standard InChI is InChI=1S/C23H26Cl2N2O3/c1-16-5-2-3-6-21(16)30-14-4-7-22(28)26-18-10-12-27(13-11-18)23(29)17-8-9-19(24)20(25)15-17/h2-3,5-6,8-9,15,18H,4,7,10-14H2,1H3,(H,26,28). The first-order valence-corrected chi connectivity index (χ1v) is 10.9. The van der Waals surface area contributed by atoms with E-state index in [0.29, 0.717) is 48.1 Å². The van der Waals surface area contributed by atoms with Gasteiger partial charge in [-0.3, -0.25) is 9.59 Å². The topological polar surface area (TPSA) is 58.6 Å². The molecule has 2 aromatic rings. The number of carbonyl (C=O) groups is 2. The minimum absolute atomic E-state index is 0.0256. The van der Waals surface area contributed by atoms with E-state index in [1.807, 2.05) is 31.2 Å². The molecule has 0 aliphatic carbocycles. The van der Waals surface area contributed by atoms with Gasteiger partial charge in [0.2, 0.25) is 5.91 Å². The van der Waals surface area contributed by atoms with Gasteiger partial charge in [-0.15, -0.1) is 0 Å². The van der Waals surface area contributed by atoms with Gasteiger partial charge < -0.3 is 15.0 Å². The number of hydrogen-bond donors (Lipinski definition) is 1. The second-order valence-electron chi connectivity index (χ2n) is 7.48. The largest absolute Gasteiger partial charge is 0.493 e. The van der Waals surface area contributed by atoms with Crippen LogP contribution in [-0.2, 0) is 4.79 Å². The molecule has 1 fully saturated rings. The number of para-hydroxylation sites is 1. The van der Waals surface area contributed by atoms with Crippen molar-refractivity contribution < 1.29 is 14.3 Å². The lowest BCUT2D eigenvalue weighted by molar-refractivity contribution is -0.122. The van der Waals surface area contributed by atoms with Crippen LogP contribution in [-0.4, -0.2) is 42.5 Å². The van der Waals surface area contributed by atoms with Crippen molar-refractivity contribution in [2.45, 2.75) is 38.6 Å². The van der Waals surface area contributed by atoms with E-state index < -0.39 is 0 Å². The Morgan fingerprint density at radius 3 is 2.53 bits per heavy atom. The third-order valence-corrected chi connectivity index (χ3v) is 5.95. The number of likely N-dealkylation sites (tertiary alicyclic amines) is 1. The molecule has 0 bridgehead atoms. The van der Waals surface area contributed by atoms with E-state index in [9.17, 15) is 9.59 Å². The number of piperidine rings is 1. The highest BCUT2D eigenvalue weighted by Gasteiger charge is 2.24. The number of rotatable bonds is 7. The van der Waals surface area contributed by atoms with Crippen molar-refractivity contribution in [3.63, 3.8) is 0 Å². The second-order valence-corrected chi connectivity index (χ2v) is 8.29. The molecule has 1 aliphatic rings. The number of nitrogens with zero attached hydrogens (tertiary/aromatic N) is 1. The summed E-state index contributed by atoms with van der Waals surface area (Å²) in [6.07, 6.45) is 2.56. The number of nitrogens with one attached hydrogen (secondary N) is 1. The minimum atomic E-state index is -0.0632. The molecule has 1 aliphatic heterocycles. The van der Waals surface area contributed by atoms with Crippen LogP contribution in [0, 0.1) is 6.92 Å². The second kappa shape index (κ2) is 10.7. The zero-order valence-electron chi connectivity index (χ0n) is 17.0. The molecule has 160 valence electrons. The fourth-order valence-corrected chi connectivity index (χ4v) is 3.77. The van der Waals surface area contributed by atoms with Gasteiger partial charge >= 0.3 is 0 Å². The Morgan fingerprint density at radius 2 is 1.83 bits per heavy atom. The van der Waals surface area contributed by atoms with Crippen molar-refractivity contribution in [1.29, 1.82) is 0 Å². The van der Waals surface area contributed by atoms with Crippen LogP contribution in [0.5, 0.6) is 5.75 Å². The maximum atomic E-state index is 12.6. The van der Waals surface area contributed by atoms with Crippen LogP contribution in [0.15, 0.2) is 42.5 Å². The predicted octanol–water partition coefficient (Wildman–Crippen LogP) is 4.88. The molecule has 0 aromatic heterocycles. The molecule has 0 radical (unpaired) electrons. The molecule has 2 amide bonds. The lowest BCUT2D eigenvalue weighted by atomic mass is 10.0. The van der Waals surface area contributed by atoms with Gasteiger partial charge in [-0.05, 0) is 56.0 Å². The van der Waals surface area contributed by atoms with Crippen LogP contribution in [0.1, 0.15) is 41.6 Å². The van der Waals surface area contributed by atoms with Crippen LogP contribution in [0.4, 0.5) is 0 Å². The number of amides is 2. The number of benzene rings is 2. The maximum absolute atomic E-state index is 12.6. The van der Waals surface area contributed by atoms with Gasteiger partial charge in [0.1, 0.15) is 5.75 Å².